The highest BCUT2D eigenvalue weighted by Crippen LogP contribution is 2.15. The molecule has 0 bridgehead atoms. The molecule has 1 aromatic heterocycles. The van der Waals surface area contributed by atoms with Gasteiger partial charge in [-0.25, -0.2) is 9.97 Å². The highest BCUT2D eigenvalue weighted by Gasteiger charge is 2.13. The van der Waals surface area contributed by atoms with Gasteiger partial charge < -0.3 is 10.2 Å². The first-order valence-corrected chi connectivity index (χ1v) is 8.77. The second-order valence-corrected chi connectivity index (χ2v) is 6.60. The topological polar surface area (TPSA) is 58.1 Å². The van der Waals surface area contributed by atoms with Crippen molar-refractivity contribution in [2.45, 2.75) is 26.8 Å². The minimum absolute atomic E-state index is 0.0970. The van der Waals surface area contributed by atoms with E-state index >= 15 is 0 Å². The van der Waals surface area contributed by atoms with Crippen molar-refractivity contribution in [1.29, 1.82) is 0 Å². The summed E-state index contributed by atoms with van der Waals surface area (Å²) in [6, 6.07) is 15.8. The summed E-state index contributed by atoms with van der Waals surface area (Å²) in [6.07, 6.45) is 0. The van der Waals surface area contributed by atoms with Crippen molar-refractivity contribution < 1.29 is 4.79 Å². The zero-order valence-corrected chi connectivity index (χ0v) is 15.7. The Balaban J connectivity index is 1.68. The summed E-state index contributed by atoms with van der Waals surface area (Å²) in [4.78, 5) is 23.7. The number of hydrogen-bond acceptors (Lipinski definition) is 4. The minimum Gasteiger partial charge on any atom is -0.370 e. The Morgan fingerprint density at radius 1 is 1.04 bits per heavy atom. The molecular weight excluding hydrogens is 324 g/mol. The van der Waals surface area contributed by atoms with Crippen LogP contribution in [-0.2, 0) is 0 Å². The number of likely N-dealkylation sites (N-methyl/N-ethyl adjacent to an activating group) is 1. The van der Waals surface area contributed by atoms with Crippen LogP contribution in [0.1, 0.15) is 28.7 Å². The zero-order chi connectivity index (χ0) is 18.7. The lowest BCUT2D eigenvalue weighted by Crippen LogP contribution is -2.40. The summed E-state index contributed by atoms with van der Waals surface area (Å²) < 4.78 is 0. The lowest BCUT2D eigenvalue weighted by atomic mass is 10.1. The number of rotatable bonds is 5. The van der Waals surface area contributed by atoms with Crippen LogP contribution in [0.5, 0.6) is 0 Å². The number of carbonyl (C=O) groups excluding carboxylic acids is 1. The Morgan fingerprint density at radius 2 is 1.69 bits per heavy atom. The van der Waals surface area contributed by atoms with Gasteiger partial charge in [-0.15, -0.1) is 0 Å². The molecule has 0 aliphatic heterocycles. The Labute approximate surface area is 154 Å². The predicted octanol–water partition coefficient (Wildman–Crippen LogP) is 3.50. The van der Waals surface area contributed by atoms with Crippen LogP contribution in [0.3, 0.4) is 0 Å². The number of para-hydroxylation sites is 1. The van der Waals surface area contributed by atoms with Gasteiger partial charge in [0.25, 0.3) is 5.91 Å². The fourth-order valence-corrected chi connectivity index (χ4v) is 2.77. The lowest BCUT2D eigenvalue weighted by molar-refractivity contribution is 0.0952. The van der Waals surface area contributed by atoms with E-state index in [1.807, 2.05) is 45.2 Å². The van der Waals surface area contributed by atoms with E-state index in [1.165, 1.54) is 0 Å². The molecule has 5 nitrogen and oxygen atoms in total. The van der Waals surface area contributed by atoms with E-state index in [4.69, 9.17) is 0 Å². The third-order valence-electron chi connectivity index (χ3n) is 4.72. The molecule has 3 aromatic rings. The van der Waals surface area contributed by atoms with Crippen molar-refractivity contribution in [3.8, 4) is 0 Å². The zero-order valence-electron chi connectivity index (χ0n) is 15.7. The molecule has 0 saturated heterocycles. The molecule has 0 saturated carbocycles. The molecule has 1 atom stereocenters. The van der Waals surface area contributed by atoms with E-state index in [0.717, 1.165) is 28.1 Å². The number of nitrogens with one attached hydrogen (secondary N) is 1. The van der Waals surface area contributed by atoms with Crippen molar-refractivity contribution in [3.05, 3.63) is 65.5 Å². The molecule has 26 heavy (non-hydrogen) atoms. The molecule has 1 N–H and O–H groups in total. The third-order valence-corrected chi connectivity index (χ3v) is 4.72. The summed E-state index contributed by atoms with van der Waals surface area (Å²) in [5, 5.41) is 3.01. The number of benzene rings is 2. The normalized spacial score (nSPS) is 12.0. The number of fused-ring (bicyclic) bond motifs is 1. The number of carbonyl (C=O) groups is 1. The molecule has 0 aliphatic carbocycles. The van der Waals surface area contributed by atoms with E-state index in [9.17, 15) is 4.79 Å². The summed E-state index contributed by atoms with van der Waals surface area (Å²) in [6.45, 7) is 6.51. The Morgan fingerprint density at radius 3 is 2.38 bits per heavy atom. The van der Waals surface area contributed by atoms with Crippen LogP contribution in [0.25, 0.3) is 11.0 Å². The van der Waals surface area contributed by atoms with Gasteiger partial charge in [0.2, 0.25) is 0 Å². The van der Waals surface area contributed by atoms with E-state index in [2.05, 4.69) is 39.2 Å². The van der Waals surface area contributed by atoms with Crippen LogP contribution in [0, 0.1) is 13.8 Å². The Hall–Kier alpha value is -2.95. The molecule has 134 valence electrons. The number of anilines is 1. The number of hydrogen-bond donors (Lipinski definition) is 1. The van der Waals surface area contributed by atoms with E-state index in [-0.39, 0.29) is 11.9 Å². The highest BCUT2D eigenvalue weighted by atomic mass is 16.1. The highest BCUT2D eigenvalue weighted by molar-refractivity contribution is 5.97. The molecule has 0 aliphatic rings. The van der Waals surface area contributed by atoms with Gasteiger partial charge in [-0.1, -0.05) is 18.2 Å². The maximum absolute atomic E-state index is 12.5. The van der Waals surface area contributed by atoms with Crippen molar-refractivity contribution in [2.75, 3.05) is 18.5 Å². The Kier molecular flexibility index (Phi) is 5.16. The molecule has 3 rings (SSSR count). The number of amides is 1. The number of aromatic nitrogens is 2. The average molecular weight is 348 g/mol. The van der Waals surface area contributed by atoms with Crippen LogP contribution >= 0.6 is 0 Å². The van der Waals surface area contributed by atoms with Gasteiger partial charge in [0.1, 0.15) is 0 Å². The molecule has 1 amide bonds. The summed E-state index contributed by atoms with van der Waals surface area (Å²) in [5.41, 5.74) is 5.07. The van der Waals surface area contributed by atoms with Crippen molar-refractivity contribution in [3.63, 3.8) is 0 Å². The molecule has 0 unspecified atom stereocenters. The maximum atomic E-state index is 12.5. The van der Waals surface area contributed by atoms with E-state index in [0.29, 0.717) is 12.1 Å². The van der Waals surface area contributed by atoms with Gasteiger partial charge in [0.15, 0.2) is 0 Å². The van der Waals surface area contributed by atoms with Gasteiger partial charge in [0, 0.05) is 30.9 Å². The molecule has 2 aromatic carbocycles. The SMILES string of the molecule is Cc1nc2ccc(C(=O)NC[C@@H](C)N(C)c3ccccc3)cc2nc1C. The Bertz CT molecular complexity index is 924. The van der Waals surface area contributed by atoms with Crippen LogP contribution in [0.4, 0.5) is 5.69 Å². The third kappa shape index (κ3) is 3.82. The largest absolute Gasteiger partial charge is 0.370 e. The van der Waals surface area contributed by atoms with Crippen LogP contribution in [-0.4, -0.2) is 35.5 Å². The monoisotopic (exact) mass is 348 g/mol. The summed E-state index contributed by atoms with van der Waals surface area (Å²) in [7, 11) is 2.03. The van der Waals surface area contributed by atoms with Gasteiger partial charge >= 0.3 is 0 Å². The molecule has 0 spiro atoms. The van der Waals surface area contributed by atoms with Crippen LogP contribution < -0.4 is 10.2 Å². The van der Waals surface area contributed by atoms with Crippen LogP contribution in [0.15, 0.2) is 48.5 Å². The smallest absolute Gasteiger partial charge is 0.251 e. The minimum atomic E-state index is -0.0970. The van der Waals surface area contributed by atoms with Crippen molar-refractivity contribution in [1.82, 2.24) is 15.3 Å². The molecular formula is C21H24N4O. The fraction of sp³-hybridized carbons (Fsp3) is 0.286. The first-order chi connectivity index (χ1) is 12.5. The number of nitrogens with zero attached hydrogens (tertiary/aromatic N) is 3. The van der Waals surface area contributed by atoms with Gasteiger partial charge in [-0.2, -0.15) is 0 Å². The molecule has 1 heterocycles. The summed E-state index contributed by atoms with van der Waals surface area (Å²) >= 11 is 0. The first-order valence-electron chi connectivity index (χ1n) is 8.77. The fourth-order valence-electron chi connectivity index (χ4n) is 2.77. The standard InChI is InChI=1S/C21H24N4O/c1-14(25(4)18-8-6-5-7-9-18)13-22-21(26)17-10-11-19-20(12-17)24-16(3)15(2)23-19/h5-12,14H,13H2,1-4H3,(H,22,26)/t14-/m1/s1. The van der Waals surface area contributed by atoms with Crippen molar-refractivity contribution >= 4 is 22.6 Å². The quantitative estimate of drug-likeness (QED) is 0.767. The summed E-state index contributed by atoms with van der Waals surface area (Å²) in [5.74, 6) is -0.0970. The average Bonchev–Trinajstić information content (AvgIpc) is 2.66. The predicted molar refractivity (Wildman–Crippen MR) is 106 cm³/mol. The first kappa shape index (κ1) is 17.9. The second-order valence-electron chi connectivity index (χ2n) is 6.60. The molecule has 0 fully saturated rings. The van der Waals surface area contributed by atoms with Gasteiger partial charge in [0.05, 0.1) is 22.4 Å². The number of aryl methyl sites for hydroxylation is 2. The molecule has 5 heteroatoms. The van der Waals surface area contributed by atoms with Gasteiger partial charge in [-0.3, -0.25) is 4.79 Å². The lowest BCUT2D eigenvalue weighted by Gasteiger charge is -2.27. The maximum Gasteiger partial charge on any atom is 0.251 e. The van der Waals surface area contributed by atoms with E-state index in [1.54, 1.807) is 12.1 Å². The van der Waals surface area contributed by atoms with Gasteiger partial charge in [-0.05, 0) is 51.1 Å². The van der Waals surface area contributed by atoms with Crippen LogP contribution in [0.2, 0.25) is 0 Å². The second kappa shape index (κ2) is 7.52. The van der Waals surface area contributed by atoms with E-state index < -0.39 is 0 Å². The van der Waals surface area contributed by atoms with Crippen molar-refractivity contribution in [2.24, 2.45) is 0 Å². The molecule has 0 radical (unpaired) electrons.